The maximum Gasteiger partial charge on any atom is 0.191 e. The van der Waals surface area contributed by atoms with Crippen LogP contribution < -0.4 is 15.4 Å². The Balaban J connectivity index is 1.31. The molecule has 0 aliphatic heterocycles. The van der Waals surface area contributed by atoms with Gasteiger partial charge in [-0.25, -0.2) is 9.67 Å². The van der Waals surface area contributed by atoms with Crippen LogP contribution in [0.3, 0.4) is 0 Å². The third-order valence-corrected chi connectivity index (χ3v) is 5.14. The van der Waals surface area contributed by atoms with Gasteiger partial charge in [0, 0.05) is 25.7 Å². The molecule has 0 bridgehead atoms. The average molecular weight is 405 g/mol. The van der Waals surface area contributed by atoms with Gasteiger partial charge in [-0.15, -0.1) is 0 Å². The first-order valence-corrected chi connectivity index (χ1v) is 10.3. The van der Waals surface area contributed by atoms with E-state index in [-0.39, 0.29) is 0 Å². The SMILES string of the molecule is CN=C(NCc1ccc(-n2cncn2)cc1)NCc1ccc(C)cc1OCC1CC1. The highest BCUT2D eigenvalue weighted by Gasteiger charge is 2.22. The van der Waals surface area contributed by atoms with Crippen molar-refractivity contribution >= 4 is 5.96 Å². The first-order chi connectivity index (χ1) is 14.7. The average Bonchev–Trinajstić information content (AvgIpc) is 3.44. The first-order valence-electron chi connectivity index (χ1n) is 10.3. The molecule has 0 atom stereocenters. The van der Waals surface area contributed by atoms with E-state index in [1.807, 2.05) is 12.1 Å². The Morgan fingerprint density at radius 2 is 1.93 bits per heavy atom. The van der Waals surface area contributed by atoms with Gasteiger partial charge in [0.1, 0.15) is 18.4 Å². The monoisotopic (exact) mass is 404 g/mol. The maximum absolute atomic E-state index is 6.07. The fourth-order valence-electron chi connectivity index (χ4n) is 3.13. The highest BCUT2D eigenvalue weighted by Crippen LogP contribution is 2.30. The zero-order chi connectivity index (χ0) is 20.8. The Morgan fingerprint density at radius 3 is 2.63 bits per heavy atom. The molecule has 1 heterocycles. The lowest BCUT2D eigenvalue weighted by atomic mass is 10.1. The Kier molecular flexibility index (Phi) is 6.27. The largest absolute Gasteiger partial charge is 0.493 e. The molecule has 2 N–H and O–H groups in total. The van der Waals surface area contributed by atoms with Crippen LogP contribution in [-0.4, -0.2) is 34.4 Å². The number of aliphatic imine (C=N–C) groups is 1. The highest BCUT2D eigenvalue weighted by molar-refractivity contribution is 5.79. The van der Waals surface area contributed by atoms with Crippen LogP contribution in [0.4, 0.5) is 0 Å². The van der Waals surface area contributed by atoms with Crippen molar-refractivity contribution in [2.24, 2.45) is 10.9 Å². The van der Waals surface area contributed by atoms with E-state index in [1.54, 1.807) is 18.1 Å². The fraction of sp³-hybridized carbons (Fsp3) is 0.348. The van der Waals surface area contributed by atoms with Gasteiger partial charge < -0.3 is 15.4 Å². The van der Waals surface area contributed by atoms with Crippen molar-refractivity contribution in [2.75, 3.05) is 13.7 Å². The quantitative estimate of drug-likeness (QED) is 0.445. The van der Waals surface area contributed by atoms with Gasteiger partial charge in [0.15, 0.2) is 5.96 Å². The summed E-state index contributed by atoms with van der Waals surface area (Å²) in [6.45, 7) is 4.24. The molecular weight excluding hydrogens is 376 g/mol. The summed E-state index contributed by atoms with van der Waals surface area (Å²) in [5, 5.41) is 10.9. The van der Waals surface area contributed by atoms with E-state index < -0.39 is 0 Å². The number of aryl methyl sites for hydroxylation is 1. The second kappa shape index (κ2) is 9.43. The number of hydrogen-bond donors (Lipinski definition) is 2. The summed E-state index contributed by atoms with van der Waals surface area (Å²) < 4.78 is 7.81. The minimum absolute atomic E-state index is 0.658. The van der Waals surface area contributed by atoms with Gasteiger partial charge >= 0.3 is 0 Å². The van der Waals surface area contributed by atoms with Crippen LogP contribution in [0.1, 0.15) is 29.5 Å². The molecule has 1 aliphatic rings. The van der Waals surface area contributed by atoms with Crippen molar-refractivity contribution < 1.29 is 4.74 Å². The van der Waals surface area contributed by atoms with Crippen LogP contribution in [0, 0.1) is 12.8 Å². The van der Waals surface area contributed by atoms with Gasteiger partial charge in [0.05, 0.1) is 12.3 Å². The molecule has 1 aliphatic carbocycles. The van der Waals surface area contributed by atoms with Crippen LogP contribution in [0.5, 0.6) is 5.75 Å². The van der Waals surface area contributed by atoms with Crippen LogP contribution in [-0.2, 0) is 13.1 Å². The standard InChI is InChI=1S/C23H28N6O/c1-17-3-8-20(22(11-17)30-14-19-4-5-19)13-27-23(24-2)26-12-18-6-9-21(10-7-18)29-16-25-15-28-29/h3,6-11,15-16,19H,4-5,12-14H2,1-2H3,(H2,24,26,27). The Bertz CT molecular complexity index is 977. The molecule has 0 spiro atoms. The second-order valence-corrected chi connectivity index (χ2v) is 7.65. The molecule has 1 aromatic heterocycles. The van der Waals surface area contributed by atoms with Crippen molar-refractivity contribution in [1.29, 1.82) is 0 Å². The third-order valence-electron chi connectivity index (χ3n) is 5.14. The molecule has 7 nitrogen and oxygen atoms in total. The van der Waals surface area contributed by atoms with E-state index in [4.69, 9.17) is 4.74 Å². The molecule has 7 heteroatoms. The van der Waals surface area contributed by atoms with Crippen molar-refractivity contribution in [3.05, 3.63) is 71.8 Å². The van der Waals surface area contributed by atoms with E-state index in [2.05, 4.69) is 63.0 Å². The van der Waals surface area contributed by atoms with Crippen molar-refractivity contribution in [3.63, 3.8) is 0 Å². The number of hydrogen-bond acceptors (Lipinski definition) is 4. The lowest BCUT2D eigenvalue weighted by molar-refractivity contribution is 0.296. The summed E-state index contributed by atoms with van der Waals surface area (Å²) in [7, 11) is 1.78. The summed E-state index contributed by atoms with van der Waals surface area (Å²) in [4.78, 5) is 8.32. The molecule has 30 heavy (non-hydrogen) atoms. The zero-order valence-corrected chi connectivity index (χ0v) is 17.5. The van der Waals surface area contributed by atoms with E-state index in [0.717, 1.165) is 41.0 Å². The Labute approximate surface area is 177 Å². The number of ether oxygens (including phenoxy) is 1. The fourth-order valence-corrected chi connectivity index (χ4v) is 3.13. The number of benzene rings is 2. The van der Waals surface area contributed by atoms with Crippen LogP contribution in [0.25, 0.3) is 5.69 Å². The predicted molar refractivity (Wildman–Crippen MR) is 118 cm³/mol. The van der Waals surface area contributed by atoms with Gasteiger partial charge in [0.25, 0.3) is 0 Å². The topological polar surface area (TPSA) is 76.4 Å². The molecule has 3 aromatic rings. The van der Waals surface area contributed by atoms with Crippen LogP contribution in [0.2, 0.25) is 0 Å². The normalized spacial score (nSPS) is 13.9. The zero-order valence-electron chi connectivity index (χ0n) is 17.5. The summed E-state index contributed by atoms with van der Waals surface area (Å²) >= 11 is 0. The number of aromatic nitrogens is 3. The summed E-state index contributed by atoms with van der Waals surface area (Å²) in [5.41, 5.74) is 4.49. The molecule has 0 amide bonds. The molecule has 4 rings (SSSR count). The van der Waals surface area contributed by atoms with E-state index in [0.29, 0.717) is 13.1 Å². The van der Waals surface area contributed by atoms with Gasteiger partial charge in [-0.05, 0) is 55.0 Å². The molecule has 0 unspecified atom stereocenters. The van der Waals surface area contributed by atoms with Gasteiger partial charge in [-0.1, -0.05) is 24.3 Å². The first kappa shape index (κ1) is 19.9. The lowest BCUT2D eigenvalue weighted by Gasteiger charge is -2.15. The molecule has 1 saturated carbocycles. The minimum Gasteiger partial charge on any atom is -0.493 e. The van der Waals surface area contributed by atoms with E-state index >= 15 is 0 Å². The maximum atomic E-state index is 6.07. The predicted octanol–water partition coefficient (Wildman–Crippen LogP) is 3.23. The summed E-state index contributed by atoms with van der Waals surface area (Å²) in [5.74, 6) is 2.45. The number of nitrogens with zero attached hydrogens (tertiary/aromatic N) is 4. The molecule has 0 saturated heterocycles. The third kappa shape index (κ3) is 5.37. The number of nitrogens with one attached hydrogen (secondary N) is 2. The molecule has 1 fully saturated rings. The number of guanidine groups is 1. The summed E-state index contributed by atoms with van der Waals surface area (Å²) in [6, 6.07) is 14.6. The molecule has 0 radical (unpaired) electrons. The Morgan fingerprint density at radius 1 is 1.13 bits per heavy atom. The van der Waals surface area contributed by atoms with E-state index in [1.165, 1.54) is 24.7 Å². The Hall–Kier alpha value is -3.35. The van der Waals surface area contributed by atoms with Gasteiger partial charge in [0.2, 0.25) is 0 Å². The highest BCUT2D eigenvalue weighted by atomic mass is 16.5. The molecule has 2 aromatic carbocycles. The second-order valence-electron chi connectivity index (χ2n) is 7.65. The van der Waals surface area contributed by atoms with Gasteiger partial charge in [-0.2, -0.15) is 5.10 Å². The van der Waals surface area contributed by atoms with Crippen molar-refractivity contribution in [2.45, 2.75) is 32.9 Å². The summed E-state index contributed by atoms with van der Waals surface area (Å²) in [6.07, 6.45) is 5.79. The molecular formula is C23H28N6O. The van der Waals surface area contributed by atoms with Crippen molar-refractivity contribution in [3.8, 4) is 11.4 Å². The van der Waals surface area contributed by atoms with Gasteiger partial charge in [-0.3, -0.25) is 4.99 Å². The smallest absolute Gasteiger partial charge is 0.191 e. The molecule has 156 valence electrons. The minimum atomic E-state index is 0.658. The lowest BCUT2D eigenvalue weighted by Crippen LogP contribution is -2.36. The number of rotatable bonds is 8. The van der Waals surface area contributed by atoms with E-state index in [9.17, 15) is 0 Å². The van der Waals surface area contributed by atoms with Crippen LogP contribution >= 0.6 is 0 Å². The van der Waals surface area contributed by atoms with Crippen LogP contribution in [0.15, 0.2) is 60.1 Å². The van der Waals surface area contributed by atoms with Crippen molar-refractivity contribution in [1.82, 2.24) is 25.4 Å².